The molecule has 0 N–H and O–H groups in total. The molecule has 0 atom stereocenters. The highest BCUT2D eigenvalue weighted by molar-refractivity contribution is 4.99. The fourth-order valence-electron chi connectivity index (χ4n) is 16.1. The summed E-state index contributed by atoms with van der Waals surface area (Å²) < 4.78 is 14.5. The monoisotopic (exact) mass is 1860 g/mol. The standard InChI is InChI=1S/4C17H33N3.C16H31N3.2C14H27N3/c2*1-15(2)10-7-5-6-8-12-17-14-18-19-20(17)13-9-11-16(3)4;2*1-15(2)10-8-6-5-7-9-11-17-14-18-19-20(17)13-12-16(3)4;1-14(2)9-7-5-6-8-12-19-13-16(17-18-19)11-10-15(3)4;2*1-12(2)8-6-5-7-9-14-10-15-16-17(14)11-13(3)4/h4*14-16H,5-13H2,1-4H3;13-15H,5-12H2,1-4H3;2*10,12-13H,5-9,11H2,1-4H3. The number of unbranched alkanes of at least 4 members (excludes halogenated alkanes) is 21. The molecule has 0 aliphatic heterocycles. The van der Waals surface area contributed by atoms with Gasteiger partial charge in [-0.1, -0.05) is 410 Å². The Labute approximate surface area is 820 Å². The summed E-state index contributed by atoms with van der Waals surface area (Å²) in [5, 5.41) is 57.9. The van der Waals surface area contributed by atoms with Crippen LogP contribution in [0.5, 0.6) is 0 Å². The highest BCUT2D eigenvalue weighted by atomic mass is 15.5. The Bertz CT molecular complexity index is 3400. The first-order valence-corrected chi connectivity index (χ1v) is 55.8. The average Bonchev–Trinajstić information content (AvgIpc) is 1.82. The number of aromatic nitrogens is 21. The average molecular weight is 1860 g/mol. The minimum Gasteiger partial charge on any atom is -0.252 e. The van der Waals surface area contributed by atoms with Crippen LogP contribution in [-0.4, -0.2) is 105 Å². The second kappa shape index (κ2) is 81.9. The minimum absolute atomic E-state index is 0.636. The van der Waals surface area contributed by atoms with Crippen molar-refractivity contribution in [1.29, 1.82) is 0 Å². The summed E-state index contributed by atoms with van der Waals surface area (Å²) in [5.41, 5.74) is 9.00. The van der Waals surface area contributed by atoms with Crippen LogP contribution in [0.3, 0.4) is 0 Å². The third-order valence-electron chi connectivity index (χ3n) is 24.7. The highest BCUT2D eigenvalue weighted by Crippen LogP contribution is 2.22. The van der Waals surface area contributed by atoms with Crippen LogP contribution in [0, 0.1) is 82.9 Å². The maximum absolute atomic E-state index is 4.24. The second-order valence-electron chi connectivity index (χ2n) is 45.4. The lowest BCUT2D eigenvalue weighted by Gasteiger charge is -2.08. The molecule has 0 amide bonds. The quantitative estimate of drug-likeness (QED) is 0.0324. The fourth-order valence-corrected chi connectivity index (χ4v) is 16.1. The van der Waals surface area contributed by atoms with Crippen molar-refractivity contribution in [2.75, 3.05) is 0 Å². The van der Waals surface area contributed by atoms with E-state index in [1.807, 2.05) is 41.9 Å². The van der Waals surface area contributed by atoms with Gasteiger partial charge in [-0.05, 0) is 218 Å². The van der Waals surface area contributed by atoms with Crippen molar-refractivity contribution in [2.24, 2.45) is 82.9 Å². The van der Waals surface area contributed by atoms with Gasteiger partial charge in [-0.15, -0.1) is 35.7 Å². The molecule has 21 nitrogen and oxygen atoms in total. The normalized spacial score (nSPS) is 11.7. The van der Waals surface area contributed by atoms with Gasteiger partial charge >= 0.3 is 0 Å². The maximum Gasteiger partial charge on any atom is 0.0827 e. The van der Waals surface area contributed by atoms with E-state index >= 15 is 0 Å². The number of nitrogens with zero attached hydrogens (tertiary/aromatic N) is 21. The molecule has 7 rings (SSSR count). The van der Waals surface area contributed by atoms with Crippen molar-refractivity contribution in [1.82, 2.24) is 105 Å². The summed E-state index contributed by atoms with van der Waals surface area (Å²) in [7, 11) is 0. The molecular formula is C112H217N21. The summed E-state index contributed by atoms with van der Waals surface area (Å²) in [6, 6.07) is 0. The van der Waals surface area contributed by atoms with Gasteiger partial charge in [0.1, 0.15) is 0 Å². The summed E-state index contributed by atoms with van der Waals surface area (Å²) in [4.78, 5) is 0. The highest BCUT2D eigenvalue weighted by Gasteiger charge is 2.14. The van der Waals surface area contributed by atoms with Crippen LogP contribution in [-0.2, 0) is 90.8 Å². The second-order valence-corrected chi connectivity index (χ2v) is 45.4. The van der Waals surface area contributed by atoms with E-state index in [-0.39, 0.29) is 0 Å². The van der Waals surface area contributed by atoms with Gasteiger partial charge in [-0.25, -0.2) is 28.1 Å². The molecule has 21 heteroatoms. The molecule has 0 saturated heterocycles. The molecule has 7 heterocycles. The number of hydrogen-bond donors (Lipinski definition) is 0. The first-order chi connectivity index (χ1) is 63.6. The van der Waals surface area contributed by atoms with Gasteiger partial charge in [0.2, 0.25) is 0 Å². The maximum atomic E-state index is 4.24. The molecule has 0 radical (unpaired) electrons. The molecule has 133 heavy (non-hydrogen) atoms. The van der Waals surface area contributed by atoms with Crippen LogP contribution in [0.4, 0.5) is 0 Å². The predicted molar refractivity (Wildman–Crippen MR) is 568 cm³/mol. The molecule has 0 unspecified atom stereocenters. The Morgan fingerprint density at radius 2 is 0.376 bits per heavy atom. The van der Waals surface area contributed by atoms with E-state index in [2.05, 4.69) is 300 Å². The number of hydrogen-bond acceptors (Lipinski definition) is 14. The van der Waals surface area contributed by atoms with E-state index in [0.29, 0.717) is 11.8 Å². The Morgan fingerprint density at radius 1 is 0.173 bits per heavy atom. The first kappa shape index (κ1) is 125. The van der Waals surface area contributed by atoms with Gasteiger partial charge in [0.15, 0.2) is 0 Å². The van der Waals surface area contributed by atoms with E-state index in [1.165, 1.54) is 304 Å². The SMILES string of the molecule is CC(C)CCCCCCCc1cnnn1CCC(C)C.CC(C)CCCCCCCc1cnnn1CCC(C)C.CC(C)CCCCCCc1cnnn1CCCC(C)C.CC(C)CCCCCCc1cnnn1CCCC(C)C.CC(C)CCCCCCn1cc(CCC(C)C)nn1.CC(C)CCCCCc1cnnn1CC(C)C.CC(C)CCCCCc1cnnn1CC(C)C. The van der Waals surface area contributed by atoms with Gasteiger partial charge < -0.3 is 0 Å². The van der Waals surface area contributed by atoms with E-state index in [4.69, 9.17) is 0 Å². The molecule has 0 bridgehead atoms. The van der Waals surface area contributed by atoms with E-state index in [0.717, 1.165) is 167 Å². The zero-order chi connectivity index (χ0) is 98.6. The third kappa shape index (κ3) is 74.7. The van der Waals surface area contributed by atoms with Crippen molar-refractivity contribution in [3.63, 3.8) is 0 Å². The summed E-state index contributed by atoms with van der Waals surface area (Å²) in [6.45, 7) is 70.8. The van der Waals surface area contributed by atoms with Gasteiger partial charge in [0.25, 0.3) is 0 Å². The van der Waals surface area contributed by atoms with Crippen molar-refractivity contribution in [2.45, 2.75) is 554 Å². The molecule has 0 aliphatic rings. The van der Waals surface area contributed by atoms with E-state index in [9.17, 15) is 0 Å². The molecule has 0 fully saturated rings. The van der Waals surface area contributed by atoms with Crippen LogP contribution in [0.2, 0.25) is 0 Å². The summed E-state index contributed by atoms with van der Waals surface area (Å²) >= 11 is 0. The zero-order valence-electron chi connectivity index (χ0n) is 92.6. The summed E-state index contributed by atoms with van der Waals surface area (Å²) in [6.07, 6.45) is 77.1. The van der Waals surface area contributed by atoms with Crippen molar-refractivity contribution >= 4 is 0 Å². The Morgan fingerprint density at radius 3 is 0.624 bits per heavy atom. The lowest BCUT2D eigenvalue weighted by Crippen LogP contribution is -2.09. The third-order valence-corrected chi connectivity index (χ3v) is 24.7. The predicted octanol–water partition coefficient (Wildman–Crippen LogP) is 31.3. The largest absolute Gasteiger partial charge is 0.252 e. The van der Waals surface area contributed by atoms with Gasteiger partial charge in [-0.2, -0.15) is 0 Å². The van der Waals surface area contributed by atoms with Gasteiger partial charge in [0, 0.05) is 52.0 Å². The van der Waals surface area contributed by atoms with Gasteiger partial charge in [0.05, 0.1) is 77.0 Å². The van der Waals surface area contributed by atoms with Crippen LogP contribution in [0.1, 0.15) is 503 Å². The number of aryl methyl sites for hydroxylation is 12. The molecule has 0 saturated carbocycles. The Balaban J connectivity index is 0.000000777. The molecule has 0 aliphatic carbocycles. The van der Waals surface area contributed by atoms with Crippen molar-refractivity contribution in [3.8, 4) is 0 Å². The van der Waals surface area contributed by atoms with Crippen LogP contribution < -0.4 is 0 Å². The Kier molecular flexibility index (Phi) is 77.0. The smallest absolute Gasteiger partial charge is 0.0827 e. The van der Waals surface area contributed by atoms with Crippen molar-refractivity contribution < 1.29 is 0 Å². The topological polar surface area (TPSA) is 215 Å². The zero-order valence-corrected chi connectivity index (χ0v) is 92.6. The first-order valence-electron chi connectivity index (χ1n) is 55.8. The lowest BCUT2D eigenvalue weighted by molar-refractivity contribution is 0.453. The van der Waals surface area contributed by atoms with Crippen LogP contribution in [0.15, 0.2) is 43.4 Å². The molecule has 770 valence electrons. The molecule has 0 aromatic carbocycles. The molecule has 7 aromatic heterocycles. The summed E-state index contributed by atoms with van der Waals surface area (Å²) in [5.74, 6) is 11.0. The van der Waals surface area contributed by atoms with Gasteiger partial charge in [-0.3, -0.25) is 4.68 Å². The van der Waals surface area contributed by atoms with Crippen molar-refractivity contribution in [3.05, 3.63) is 83.2 Å². The molecule has 0 spiro atoms. The van der Waals surface area contributed by atoms with E-state index in [1.54, 1.807) is 0 Å². The fraction of sp³-hybridized carbons (Fsp3) is 0.875. The minimum atomic E-state index is 0.636. The molecular weight excluding hydrogens is 1640 g/mol. The number of rotatable bonds is 70. The Hall–Kier alpha value is -6.02. The van der Waals surface area contributed by atoms with Crippen LogP contribution >= 0.6 is 0 Å². The lowest BCUT2D eigenvalue weighted by atomic mass is 10.0. The molecule has 7 aromatic rings. The van der Waals surface area contributed by atoms with Crippen LogP contribution in [0.25, 0.3) is 0 Å². The van der Waals surface area contributed by atoms with E-state index < -0.39 is 0 Å².